The molecular weight excluding hydrogens is 388 g/mol. The van der Waals surface area contributed by atoms with Crippen LogP contribution in [0.2, 0.25) is 0 Å². The Morgan fingerprint density at radius 1 is 1.00 bits per heavy atom. The molecule has 164 valence electrons. The molecule has 1 N–H and O–H groups in total. The average Bonchev–Trinajstić information content (AvgIpc) is 3.22. The fourth-order valence-electron chi connectivity index (χ4n) is 4.42. The van der Waals surface area contributed by atoms with E-state index < -0.39 is 0 Å². The highest BCUT2D eigenvalue weighted by molar-refractivity contribution is 5.86. The number of ether oxygens (including phenoxy) is 3. The molecule has 5 nitrogen and oxygen atoms in total. The summed E-state index contributed by atoms with van der Waals surface area (Å²) in [6.45, 7) is 3.21. The molecule has 5 heteroatoms. The number of aromatic nitrogens is 1. The molecule has 3 aromatic rings. The molecule has 1 aliphatic heterocycles. The molecule has 0 fully saturated rings. The third-order valence-electron chi connectivity index (χ3n) is 6.15. The first-order chi connectivity index (χ1) is 15.2. The SMILES string of the molecule is COc1cccc(C2C=CCN(CCCCc3c[nH]c4cc(OC)c(OC)cc34)C2)c1. The summed E-state index contributed by atoms with van der Waals surface area (Å²) in [5, 5.41) is 1.22. The van der Waals surface area contributed by atoms with E-state index >= 15 is 0 Å². The molecule has 0 saturated carbocycles. The normalized spacial score (nSPS) is 16.5. The maximum absolute atomic E-state index is 5.47. The maximum Gasteiger partial charge on any atom is 0.162 e. The van der Waals surface area contributed by atoms with Crippen molar-refractivity contribution in [3.05, 3.63) is 65.9 Å². The van der Waals surface area contributed by atoms with Crippen LogP contribution in [0.5, 0.6) is 17.2 Å². The zero-order chi connectivity index (χ0) is 21.6. The van der Waals surface area contributed by atoms with Gasteiger partial charge in [-0.05, 0) is 55.1 Å². The van der Waals surface area contributed by atoms with Crippen molar-refractivity contribution in [2.75, 3.05) is 41.0 Å². The zero-order valence-corrected chi connectivity index (χ0v) is 18.7. The average molecular weight is 421 g/mol. The lowest BCUT2D eigenvalue weighted by Crippen LogP contribution is -2.32. The Labute approximate surface area is 184 Å². The van der Waals surface area contributed by atoms with Crippen molar-refractivity contribution in [3.63, 3.8) is 0 Å². The van der Waals surface area contributed by atoms with E-state index in [-0.39, 0.29) is 0 Å². The van der Waals surface area contributed by atoms with Gasteiger partial charge in [-0.25, -0.2) is 0 Å². The van der Waals surface area contributed by atoms with Gasteiger partial charge in [0.15, 0.2) is 11.5 Å². The predicted octanol–water partition coefficient (Wildman–Crippen LogP) is 5.17. The second kappa shape index (κ2) is 9.92. The molecule has 0 aliphatic carbocycles. The highest BCUT2D eigenvalue weighted by Crippen LogP contribution is 2.33. The van der Waals surface area contributed by atoms with Gasteiger partial charge in [0, 0.05) is 42.2 Å². The third kappa shape index (κ3) is 4.88. The van der Waals surface area contributed by atoms with Crippen LogP contribution in [0.1, 0.15) is 29.9 Å². The Bertz CT molecular complexity index is 1040. The first kappa shape index (κ1) is 21.3. The molecule has 0 amide bonds. The number of H-pyrrole nitrogens is 1. The quantitative estimate of drug-likeness (QED) is 0.383. The van der Waals surface area contributed by atoms with E-state index in [1.54, 1.807) is 21.3 Å². The Morgan fingerprint density at radius 2 is 1.84 bits per heavy atom. The van der Waals surface area contributed by atoms with Gasteiger partial charge in [0.2, 0.25) is 0 Å². The van der Waals surface area contributed by atoms with Crippen LogP contribution in [0.15, 0.2) is 54.7 Å². The van der Waals surface area contributed by atoms with Crippen molar-refractivity contribution in [3.8, 4) is 17.2 Å². The summed E-state index contributed by atoms with van der Waals surface area (Å²) in [7, 11) is 5.08. The number of methoxy groups -OCH3 is 3. The van der Waals surface area contributed by atoms with Gasteiger partial charge in [-0.15, -0.1) is 0 Å². The summed E-state index contributed by atoms with van der Waals surface area (Å²) in [6, 6.07) is 12.5. The van der Waals surface area contributed by atoms with Gasteiger partial charge in [0.05, 0.1) is 21.3 Å². The summed E-state index contributed by atoms with van der Waals surface area (Å²) in [5.74, 6) is 2.89. The number of benzene rings is 2. The molecule has 1 atom stereocenters. The van der Waals surface area contributed by atoms with Gasteiger partial charge in [-0.3, -0.25) is 4.90 Å². The first-order valence-corrected chi connectivity index (χ1v) is 11.0. The van der Waals surface area contributed by atoms with Crippen LogP contribution >= 0.6 is 0 Å². The van der Waals surface area contributed by atoms with Crippen LogP contribution in [0.3, 0.4) is 0 Å². The minimum absolute atomic E-state index is 0.430. The van der Waals surface area contributed by atoms with E-state index in [2.05, 4.69) is 52.5 Å². The number of aryl methyl sites for hydroxylation is 1. The summed E-state index contributed by atoms with van der Waals surface area (Å²) < 4.78 is 16.3. The Morgan fingerprint density at radius 3 is 2.65 bits per heavy atom. The molecule has 2 heterocycles. The van der Waals surface area contributed by atoms with Gasteiger partial charge < -0.3 is 19.2 Å². The summed E-state index contributed by atoms with van der Waals surface area (Å²) >= 11 is 0. The molecule has 0 bridgehead atoms. The fraction of sp³-hybridized carbons (Fsp3) is 0.385. The maximum atomic E-state index is 5.47. The van der Waals surface area contributed by atoms with E-state index in [4.69, 9.17) is 14.2 Å². The number of unbranched alkanes of at least 4 members (excludes halogenated alkanes) is 1. The zero-order valence-electron chi connectivity index (χ0n) is 18.7. The van der Waals surface area contributed by atoms with Crippen molar-refractivity contribution >= 4 is 10.9 Å². The largest absolute Gasteiger partial charge is 0.497 e. The second-order valence-corrected chi connectivity index (χ2v) is 8.09. The standard InChI is InChI=1S/C26H32N2O3/c1-29-22-11-6-9-19(14-22)21-10-7-13-28(18-21)12-5-4-8-20-17-27-24-16-26(31-3)25(30-2)15-23(20)24/h6-7,9-11,14-17,21,27H,4-5,8,12-13,18H2,1-3H3. The van der Waals surface area contributed by atoms with Gasteiger partial charge in [0.25, 0.3) is 0 Å². The first-order valence-electron chi connectivity index (χ1n) is 11.0. The lowest BCUT2D eigenvalue weighted by atomic mass is 9.95. The van der Waals surface area contributed by atoms with Crippen LogP contribution < -0.4 is 14.2 Å². The second-order valence-electron chi connectivity index (χ2n) is 8.09. The monoisotopic (exact) mass is 420 g/mol. The Balaban J connectivity index is 1.31. The van der Waals surface area contributed by atoms with Gasteiger partial charge in [-0.2, -0.15) is 0 Å². The van der Waals surface area contributed by atoms with E-state index in [0.717, 1.165) is 55.2 Å². The Kier molecular flexibility index (Phi) is 6.82. The molecule has 1 unspecified atom stereocenters. The molecule has 0 saturated heterocycles. The summed E-state index contributed by atoms with van der Waals surface area (Å²) in [4.78, 5) is 5.92. The Hall–Kier alpha value is -2.92. The molecule has 4 rings (SSSR count). The van der Waals surface area contributed by atoms with E-state index in [1.165, 1.54) is 22.9 Å². The van der Waals surface area contributed by atoms with Crippen molar-refractivity contribution in [2.24, 2.45) is 0 Å². The molecule has 0 radical (unpaired) electrons. The fourth-order valence-corrected chi connectivity index (χ4v) is 4.42. The molecule has 0 spiro atoms. The summed E-state index contributed by atoms with van der Waals surface area (Å²) in [6.07, 6.45) is 10.1. The van der Waals surface area contributed by atoms with Crippen molar-refractivity contribution in [1.82, 2.24) is 9.88 Å². The van der Waals surface area contributed by atoms with Crippen LogP contribution in [0, 0.1) is 0 Å². The number of fused-ring (bicyclic) bond motifs is 1. The molecular formula is C26H32N2O3. The molecule has 1 aromatic heterocycles. The lowest BCUT2D eigenvalue weighted by molar-refractivity contribution is 0.278. The molecule has 1 aliphatic rings. The third-order valence-corrected chi connectivity index (χ3v) is 6.15. The van der Waals surface area contributed by atoms with Crippen LogP contribution in [0.25, 0.3) is 10.9 Å². The van der Waals surface area contributed by atoms with Crippen LogP contribution in [-0.4, -0.2) is 50.8 Å². The van der Waals surface area contributed by atoms with E-state index in [0.29, 0.717) is 5.92 Å². The van der Waals surface area contributed by atoms with E-state index in [1.807, 2.05) is 12.1 Å². The predicted molar refractivity (Wildman–Crippen MR) is 126 cm³/mol. The van der Waals surface area contributed by atoms with Gasteiger partial charge in [0.1, 0.15) is 5.75 Å². The number of hydrogen-bond donors (Lipinski definition) is 1. The molecule has 2 aromatic carbocycles. The number of hydrogen-bond acceptors (Lipinski definition) is 4. The van der Waals surface area contributed by atoms with Crippen molar-refractivity contribution < 1.29 is 14.2 Å². The highest BCUT2D eigenvalue weighted by atomic mass is 16.5. The molecule has 31 heavy (non-hydrogen) atoms. The summed E-state index contributed by atoms with van der Waals surface area (Å²) in [5.41, 5.74) is 3.75. The topological polar surface area (TPSA) is 46.7 Å². The van der Waals surface area contributed by atoms with Crippen LogP contribution in [0.4, 0.5) is 0 Å². The number of rotatable bonds is 9. The van der Waals surface area contributed by atoms with Crippen molar-refractivity contribution in [2.45, 2.75) is 25.2 Å². The van der Waals surface area contributed by atoms with E-state index in [9.17, 15) is 0 Å². The number of nitrogens with one attached hydrogen (secondary N) is 1. The minimum Gasteiger partial charge on any atom is -0.497 e. The van der Waals surface area contributed by atoms with Crippen LogP contribution in [-0.2, 0) is 6.42 Å². The lowest BCUT2D eigenvalue weighted by Gasteiger charge is -2.29. The van der Waals surface area contributed by atoms with Gasteiger partial charge in [-0.1, -0.05) is 24.3 Å². The number of nitrogens with zero attached hydrogens (tertiary/aromatic N) is 1. The number of aromatic amines is 1. The minimum atomic E-state index is 0.430. The highest BCUT2D eigenvalue weighted by Gasteiger charge is 2.17. The smallest absolute Gasteiger partial charge is 0.162 e. The van der Waals surface area contributed by atoms with Crippen molar-refractivity contribution in [1.29, 1.82) is 0 Å². The van der Waals surface area contributed by atoms with Gasteiger partial charge >= 0.3 is 0 Å².